The topological polar surface area (TPSA) is 59.0 Å². The van der Waals surface area contributed by atoms with Crippen LogP contribution in [0.25, 0.3) is 5.69 Å². The monoisotopic (exact) mass is 346 g/mol. The van der Waals surface area contributed by atoms with Crippen LogP contribution in [0.2, 0.25) is 0 Å². The van der Waals surface area contributed by atoms with E-state index in [0.29, 0.717) is 6.54 Å². The van der Waals surface area contributed by atoms with E-state index < -0.39 is 0 Å². The third-order valence-electron chi connectivity index (χ3n) is 4.80. The number of rotatable bonds is 4. The average molecular weight is 346 g/mol. The summed E-state index contributed by atoms with van der Waals surface area (Å²) in [4.78, 5) is 12.2. The molecule has 2 N–H and O–H groups in total. The Morgan fingerprint density at radius 2 is 2.00 bits per heavy atom. The standard InChI is InChI=1S/C21H22N4O/c1-15-10-11-23-25(15)20-7-3-6-19(13-20)24-21(26)22-14-16-8-9-17-4-2-5-18(17)12-16/h3,6-13H,2,4-5,14H2,1H3,(H2,22,24,26). The molecule has 0 aliphatic heterocycles. The molecule has 0 unspecified atom stereocenters. The molecule has 2 aromatic carbocycles. The highest BCUT2D eigenvalue weighted by Crippen LogP contribution is 2.22. The third-order valence-corrected chi connectivity index (χ3v) is 4.80. The van der Waals surface area contributed by atoms with Crippen molar-refractivity contribution < 1.29 is 4.79 Å². The van der Waals surface area contributed by atoms with Crippen LogP contribution in [0, 0.1) is 6.92 Å². The Balaban J connectivity index is 1.38. The predicted octanol–water partition coefficient (Wildman–Crippen LogP) is 3.99. The molecule has 2 amide bonds. The van der Waals surface area contributed by atoms with E-state index in [1.54, 1.807) is 6.20 Å². The van der Waals surface area contributed by atoms with Gasteiger partial charge in [-0.2, -0.15) is 5.10 Å². The number of urea groups is 1. The van der Waals surface area contributed by atoms with Gasteiger partial charge in [0.2, 0.25) is 0 Å². The minimum Gasteiger partial charge on any atom is -0.334 e. The highest BCUT2D eigenvalue weighted by atomic mass is 16.2. The lowest BCUT2D eigenvalue weighted by molar-refractivity contribution is 0.251. The zero-order valence-electron chi connectivity index (χ0n) is 14.8. The second kappa shape index (κ2) is 7.04. The van der Waals surface area contributed by atoms with Crippen LogP contribution in [-0.4, -0.2) is 15.8 Å². The number of benzene rings is 2. The predicted molar refractivity (Wildman–Crippen MR) is 103 cm³/mol. The van der Waals surface area contributed by atoms with E-state index in [2.05, 4.69) is 33.9 Å². The molecule has 1 aliphatic rings. The van der Waals surface area contributed by atoms with Crippen molar-refractivity contribution in [2.45, 2.75) is 32.7 Å². The Bertz CT molecular complexity index is 945. The molecule has 0 saturated heterocycles. The quantitative estimate of drug-likeness (QED) is 0.750. The normalized spacial score (nSPS) is 12.7. The number of fused-ring (bicyclic) bond motifs is 1. The highest BCUT2D eigenvalue weighted by molar-refractivity contribution is 5.89. The molecule has 5 heteroatoms. The van der Waals surface area contributed by atoms with Gasteiger partial charge < -0.3 is 10.6 Å². The number of aryl methyl sites for hydroxylation is 3. The molecule has 1 heterocycles. The molecule has 5 nitrogen and oxygen atoms in total. The summed E-state index contributed by atoms with van der Waals surface area (Å²) >= 11 is 0. The molecular weight excluding hydrogens is 324 g/mol. The van der Waals surface area contributed by atoms with Gasteiger partial charge in [0.1, 0.15) is 0 Å². The largest absolute Gasteiger partial charge is 0.334 e. The van der Waals surface area contributed by atoms with Gasteiger partial charge in [0, 0.05) is 24.1 Å². The fraction of sp³-hybridized carbons (Fsp3) is 0.238. The van der Waals surface area contributed by atoms with Crippen LogP contribution in [-0.2, 0) is 19.4 Å². The lowest BCUT2D eigenvalue weighted by atomic mass is 10.1. The molecule has 0 fully saturated rings. The van der Waals surface area contributed by atoms with Crippen LogP contribution in [0.5, 0.6) is 0 Å². The minimum atomic E-state index is -0.208. The van der Waals surface area contributed by atoms with Crippen molar-refractivity contribution in [2.75, 3.05) is 5.32 Å². The molecule has 0 spiro atoms. The van der Waals surface area contributed by atoms with E-state index in [1.165, 1.54) is 24.0 Å². The Kier molecular flexibility index (Phi) is 4.44. The molecule has 0 atom stereocenters. The van der Waals surface area contributed by atoms with Gasteiger partial charge in [-0.05, 0) is 67.1 Å². The van der Waals surface area contributed by atoms with Crippen molar-refractivity contribution in [1.82, 2.24) is 15.1 Å². The van der Waals surface area contributed by atoms with Crippen molar-refractivity contribution in [1.29, 1.82) is 0 Å². The first-order chi connectivity index (χ1) is 12.7. The summed E-state index contributed by atoms with van der Waals surface area (Å²) in [5.74, 6) is 0. The second-order valence-corrected chi connectivity index (χ2v) is 6.70. The zero-order chi connectivity index (χ0) is 17.9. The van der Waals surface area contributed by atoms with Gasteiger partial charge in [0.05, 0.1) is 5.69 Å². The summed E-state index contributed by atoms with van der Waals surface area (Å²) < 4.78 is 1.84. The molecule has 3 aromatic rings. The lowest BCUT2D eigenvalue weighted by Gasteiger charge is -2.11. The van der Waals surface area contributed by atoms with Gasteiger partial charge in [-0.1, -0.05) is 24.3 Å². The minimum absolute atomic E-state index is 0.208. The smallest absolute Gasteiger partial charge is 0.319 e. The van der Waals surface area contributed by atoms with Crippen LogP contribution in [0.4, 0.5) is 10.5 Å². The van der Waals surface area contributed by atoms with E-state index in [1.807, 2.05) is 41.9 Å². The number of nitrogens with one attached hydrogen (secondary N) is 2. The average Bonchev–Trinajstić information content (AvgIpc) is 3.28. The van der Waals surface area contributed by atoms with Gasteiger partial charge in [0.15, 0.2) is 0 Å². The van der Waals surface area contributed by atoms with Gasteiger partial charge in [-0.3, -0.25) is 0 Å². The summed E-state index contributed by atoms with van der Waals surface area (Å²) in [7, 11) is 0. The van der Waals surface area contributed by atoms with Gasteiger partial charge in [-0.15, -0.1) is 0 Å². The number of carbonyl (C=O) groups excluding carboxylic acids is 1. The molecule has 0 radical (unpaired) electrons. The van der Waals surface area contributed by atoms with E-state index in [-0.39, 0.29) is 6.03 Å². The summed E-state index contributed by atoms with van der Waals surface area (Å²) in [6, 6.07) is 15.9. The van der Waals surface area contributed by atoms with E-state index in [9.17, 15) is 4.79 Å². The maximum absolute atomic E-state index is 12.2. The van der Waals surface area contributed by atoms with Crippen LogP contribution >= 0.6 is 0 Å². The van der Waals surface area contributed by atoms with Crippen molar-refractivity contribution in [2.24, 2.45) is 0 Å². The summed E-state index contributed by atoms with van der Waals surface area (Å²) in [5, 5.41) is 10.1. The summed E-state index contributed by atoms with van der Waals surface area (Å²) in [6.45, 7) is 2.52. The van der Waals surface area contributed by atoms with Gasteiger partial charge in [0.25, 0.3) is 0 Å². The number of amides is 2. The third kappa shape index (κ3) is 3.47. The van der Waals surface area contributed by atoms with Crippen molar-refractivity contribution >= 4 is 11.7 Å². The SMILES string of the molecule is Cc1ccnn1-c1cccc(NC(=O)NCc2ccc3c(c2)CCC3)c1. The maximum Gasteiger partial charge on any atom is 0.319 e. The van der Waals surface area contributed by atoms with E-state index in [4.69, 9.17) is 0 Å². The maximum atomic E-state index is 12.2. The molecule has 1 aromatic heterocycles. The van der Waals surface area contributed by atoms with Gasteiger partial charge in [-0.25, -0.2) is 9.48 Å². The Hall–Kier alpha value is -3.08. The first kappa shape index (κ1) is 16.4. The number of hydrogen-bond acceptors (Lipinski definition) is 2. The Morgan fingerprint density at radius 1 is 1.12 bits per heavy atom. The fourth-order valence-electron chi connectivity index (χ4n) is 3.45. The van der Waals surface area contributed by atoms with Crippen LogP contribution < -0.4 is 10.6 Å². The first-order valence-corrected chi connectivity index (χ1v) is 8.96. The molecule has 0 saturated carbocycles. The molecule has 0 bridgehead atoms. The zero-order valence-corrected chi connectivity index (χ0v) is 14.8. The molecule has 1 aliphatic carbocycles. The van der Waals surface area contributed by atoms with Crippen molar-refractivity contribution in [3.8, 4) is 5.69 Å². The molecule has 26 heavy (non-hydrogen) atoms. The van der Waals surface area contributed by atoms with Crippen LogP contribution in [0.15, 0.2) is 54.7 Å². The lowest BCUT2D eigenvalue weighted by Crippen LogP contribution is -2.28. The number of nitrogens with zero attached hydrogens (tertiary/aromatic N) is 2. The highest BCUT2D eigenvalue weighted by Gasteiger charge is 2.11. The number of anilines is 1. The summed E-state index contributed by atoms with van der Waals surface area (Å²) in [5.41, 5.74) is 6.72. The number of hydrogen-bond donors (Lipinski definition) is 2. The van der Waals surface area contributed by atoms with Gasteiger partial charge >= 0.3 is 6.03 Å². The summed E-state index contributed by atoms with van der Waals surface area (Å²) in [6.07, 6.45) is 5.32. The van der Waals surface area contributed by atoms with Crippen LogP contribution in [0.3, 0.4) is 0 Å². The number of carbonyl (C=O) groups is 1. The number of aromatic nitrogens is 2. The fourth-order valence-corrected chi connectivity index (χ4v) is 3.45. The van der Waals surface area contributed by atoms with Crippen molar-refractivity contribution in [3.05, 3.63) is 77.1 Å². The van der Waals surface area contributed by atoms with Crippen LogP contribution in [0.1, 0.15) is 28.8 Å². The molecule has 4 rings (SSSR count). The van der Waals surface area contributed by atoms with E-state index >= 15 is 0 Å². The Labute approximate surface area is 153 Å². The second-order valence-electron chi connectivity index (χ2n) is 6.70. The molecular formula is C21H22N4O. The Morgan fingerprint density at radius 3 is 2.85 bits per heavy atom. The van der Waals surface area contributed by atoms with E-state index in [0.717, 1.165) is 29.1 Å². The first-order valence-electron chi connectivity index (χ1n) is 8.96. The van der Waals surface area contributed by atoms with Crippen molar-refractivity contribution in [3.63, 3.8) is 0 Å². The molecule has 132 valence electrons.